The Bertz CT molecular complexity index is 1020. The minimum Gasteiger partial charge on any atom is -0.322 e. The van der Waals surface area contributed by atoms with Gasteiger partial charge in [-0.2, -0.15) is 0 Å². The van der Waals surface area contributed by atoms with Crippen LogP contribution in [-0.2, 0) is 14.8 Å². The van der Waals surface area contributed by atoms with E-state index in [2.05, 4.69) is 31.0 Å². The molecule has 1 heterocycles. The monoisotopic (exact) mass is 447 g/mol. The molecule has 2 aromatic rings. The number of hydrogen-bond acceptors (Lipinski definition) is 4. The zero-order chi connectivity index (χ0) is 19.3. The highest BCUT2D eigenvalue weighted by Gasteiger charge is 2.18. The summed E-state index contributed by atoms with van der Waals surface area (Å²) in [5, 5.41) is 2.67. The zero-order valence-corrected chi connectivity index (χ0v) is 16.8. The van der Waals surface area contributed by atoms with Crippen molar-refractivity contribution < 1.29 is 13.2 Å². The summed E-state index contributed by atoms with van der Waals surface area (Å²) in [6.07, 6.45) is 4.54. The first-order valence-electron chi connectivity index (χ1n) is 8.33. The molecule has 0 unspecified atom stereocenters. The van der Waals surface area contributed by atoms with Crippen LogP contribution in [0.2, 0.25) is 0 Å². The quantitative estimate of drug-likeness (QED) is 0.686. The largest absolute Gasteiger partial charge is 0.322 e. The highest BCUT2D eigenvalue weighted by Crippen LogP contribution is 2.17. The van der Waals surface area contributed by atoms with E-state index >= 15 is 0 Å². The Morgan fingerprint density at radius 1 is 1.15 bits per heavy atom. The molecular weight excluding hydrogens is 430 g/mol. The smallest absolute Gasteiger partial charge is 0.262 e. The molecule has 6 nitrogen and oxygen atoms in total. The number of nitrogens with zero attached hydrogens (tertiary/aromatic N) is 1. The SMILES string of the molecule is O=C(C=Cc1cccc(Br)c1)Nc1cccc(S(=O)(=O)NC2=NCCC2)c1. The van der Waals surface area contributed by atoms with E-state index in [0.717, 1.165) is 16.5 Å². The molecular formula is C19H18BrN3O3S. The van der Waals surface area contributed by atoms with Crippen molar-refractivity contribution >= 4 is 49.5 Å². The predicted molar refractivity (Wildman–Crippen MR) is 110 cm³/mol. The second kappa shape index (κ2) is 8.49. The number of sulfonamides is 1. The Hall–Kier alpha value is -2.45. The van der Waals surface area contributed by atoms with E-state index in [1.54, 1.807) is 18.2 Å². The van der Waals surface area contributed by atoms with Crippen LogP contribution in [0.3, 0.4) is 0 Å². The third-order valence-corrected chi connectivity index (χ3v) is 5.69. The summed E-state index contributed by atoms with van der Waals surface area (Å²) in [7, 11) is -3.72. The van der Waals surface area contributed by atoms with E-state index in [4.69, 9.17) is 0 Å². The number of carbonyl (C=O) groups is 1. The summed E-state index contributed by atoms with van der Waals surface area (Å²) < 4.78 is 28.3. The molecule has 0 spiro atoms. The Balaban J connectivity index is 1.69. The first-order chi connectivity index (χ1) is 12.9. The topological polar surface area (TPSA) is 87.6 Å². The van der Waals surface area contributed by atoms with Gasteiger partial charge in [0.05, 0.1) is 4.90 Å². The number of halogens is 1. The molecule has 1 amide bonds. The second-order valence-electron chi connectivity index (χ2n) is 5.94. The fraction of sp³-hybridized carbons (Fsp3) is 0.158. The molecule has 140 valence electrons. The second-order valence-corrected chi connectivity index (χ2v) is 8.54. The lowest BCUT2D eigenvalue weighted by Gasteiger charge is -2.09. The van der Waals surface area contributed by atoms with Gasteiger partial charge >= 0.3 is 0 Å². The summed E-state index contributed by atoms with van der Waals surface area (Å²) in [6.45, 7) is 0.637. The lowest BCUT2D eigenvalue weighted by Crippen LogP contribution is -2.29. The number of benzene rings is 2. The molecule has 27 heavy (non-hydrogen) atoms. The van der Waals surface area contributed by atoms with Crippen molar-refractivity contribution in [1.29, 1.82) is 0 Å². The first-order valence-corrected chi connectivity index (χ1v) is 10.6. The number of carbonyl (C=O) groups excluding carboxylic acids is 1. The Kier molecular flexibility index (Phi) is 6.08. The number of anilines is 1. The molecule has 0 bridgehead atoms. The molecule has 2 N–H and O–H groups in total. The number of amidine groups is 1. The Labute approximate surface area is 166 Å². The van der Waals surface area contributed by atoms with Gasteiger partial charge in [0.15, 0.2) is 0 Å². The van der Waals surface area contributed by atoms with Gasteiger partial charge in [0.1, 0.15) is 5.84 Å². The van der Waals surface area contributed by atoms with Gasteiger partial charge in [-0.1, -0.05) is 34.1 Å². The molecule has 0 aliphatic carbocycles. The maximum absolute atomic E-state index is 12.4. The van der Waals surface area contributed by atoms with Crippen molar-refractivity contribution in [3.8, 4) is 0 Å². The van der Waals surface area contributed by atoms with Gasteiger partial charge in [0, 0.05) is 29.2 Å². The van der Waals surface area contributed by atoms with E-state index in [-0.39, 0.29) is 10.8 Å². The van der Waals surface area contributed by atoms with Crippen molar-refractivity contribution in [1.82, 2.24) is 4.72 Å². The van der Waals surface area contributed by atoms with Crippen LogP contribution < -0.4 is 10.0 Å². The van der Waals surface area contributed by atoms with E-state index in [9.17, 15) is 13.2 Å². The fourth-order valence-electron chi connectivity index (χ4n) is 2.54. The number of amides is 1. The summed E-state index contributed by atoms with van der Waals surface area (Å²) in [4.78, 5) is 16.3. The van der Waals surface area contributed by atoms with Crippen molar-refractivity contribution in [2.24, 2.45) is 4.99 Å². The van der Waals surface area contributed by atoms with Crippen LogP contribution in [-0.4, -0.2) is 26.7 Å². The van der Waals surface area contributed by atoms with Crippen LogP contribution in [0.15, 0.2) is 69.0 Å². The lowest BCUT2D eigenvalue weighted by molar-refractivity contribution is -0.111. The van der Waals surface area contributed by atoms with Crippen LogP contribution in [0, 0.1) is 0 Å². The van der Waals surface area contributed by atoms with E-state index in [1.165, 1.54) is 18.2 Å². The van der Waals surface area contributed by atoms with E-state index in [1.807, 2.05) is 24.3 Å². The molecule has 0 aromatic heterocycles. The molecule has 0 atom stereocenters. The maximum atomic E-state index is 12.4. The lowest BCUT2D eigenvalue weighted by atomic mass is 10.2. The molecule has 0 fully saturated rings. The van der Waals surface area contributed by atoms with E-state index < -0.39 is 10.0 Å². The van der Waals surface area contributed by atoms with Crippen molar-refractivity contribution in [3.05, 3.63) is 64.6 Å². The number of nitrogens with one attached hydrogen (secondary N) is 2. The number of hydrogen-bond donors (Lipinski definition) is 2. The average Bonchev–Trinajstić information content (AvgIpc) is 3.13. The predicted octanol–water partition coefficient (Wildman–Crippen LogP) is 3.57. The number of rotatable bonds is 5. The normalized spacial score (nSPS) is 14.2. The molecule has 3 rings (SSSR count). The summed E-state index contributed by atoms with van der Waals surface area (Å²) >= 11 is 3.37. The van der Waals surface area contributed by atoms with Gasteiger partial charge in [-0.15, -0.1) is 0 Å². The van der Waals surface area contributed by atoms with Gasteiger partial charge in [-0.3, -0.25) is 14.5 Å². The summed E-state index contributed by atoms with van der Waals surface area (Å²) in [5.41, 5.74) is 1.27. The zero-order valence-electron chi connectivity index (χ0n) is 14.4. The van der Waals surface area contributed by atoms with Crippen LogP contribution in [0.25, 0.3) is 6.08 Å². The first kappa shape index (κ1) is 19.3. The van der Waals surface area contributed by atoms with Crippen molar-refractivity contribution in [3.63, 3.8) is 0 Å². The van der Waals surface area contributed by atoms with Gasteiger partial charge < -0.3 is 5.32 Å². The summed E-state index contributed by atoms with van der Waals surface area (Å²) in [5.74, 6) is 0.124. The third kappa shape index (κ3) is 5.51. The van der Waals surface area contributed by atoms with Gasteiger partial charge in [0.25, 0.3) is 10.0 Å². The van der Waals surface area contributed by atoms with Gasteiger partial charge in [-0.25, -0.2) is 8.42 Å². The Morgan fingerprint density at radius 2 is 1.96 bits per heavy atom. The maximum Gasteiger partial charge on any atom is 0.262 e. The number of aliphatic imine (C=N–C) groups is 1. The van der Waals surface area contributed by atoms with Crippen LogP contribution in [0.1, 0.15) is 18.4 Å². The van der Waals surface area contributed by atoms with Crippen LogP contribution in [0.4, 0.5) is 5.69 Å². The van der Waals surface area contributed by atoms with Gasteiger partial charge in [-0.05, 0) is 48.4 Å². The van der Waals surface area contributed by atoms with E-state index in [0.29, 0.717) is 24.5 Å². The van der Waals surface area contributed by atoms with Crippen LogP contribution in [0.5, 0.6) is 0 Å². The van der Waals surface area contributed by atoms with Gasteiger partial charge in [0.2, 0.25) is 5.91 Å². The Morgan fingerprint density at radius 3 is 2.70 bits per heavy atom. The molecule has 2 aromatic carbocycles. The highest BCUT2D eigenvalue weighted by atomic mass is 79.9. The third-order valence-electron chi connectivity index (χ3n) is 3.81. The highest BCUT2D eigenvalue weighted by molar-refractivity contribution is 9.10. The standard InChI is InChI=1S/C19H18BrN3O3S/c20-15-5-1-4-14(12-15)9-10-19(24)22-16-6-2-7-17(13-16)27(25,26)23-18-8-3-11-21-18/h1-2,4-7,9-10,12-13H,3,8,11H2,(H,21,23)(H,22,24). The fourth-order valence-corrected chi connectivity index (χ4v) is 4.10. The minimum absolute atomic E-state index is 0.0749. The molecule has 1 aliphatic rings. The molecule has 0 radical (unpaired) electrons. The van der Waals surface area contributed by atoms with Crippen LogP contribution >= 0.6 is 15.9 Å². The summed E-state index contributed by atoms with van der Waals surface area (Å²) in [6, 6.07) is 13.6. The molecule has 0 saturated carbocycles. The molecule has 8 heteroatoms. The molecule has 1 aliphatic heterocycles. The average molecular weight is 448 g/mol. The molecule has 0 saturated heterocycles. The van der Waals surface area contributed by atoms with Crippen molar-refractivity contribution in [2.75, 3.05) is 11.9 Å². The minimum atomic E-state index is -3.72. The van der Waals surface area contributed by atoms with Crippen molar-refractivity contribution in [2.45, 2.75) is 17.7 Å².